The van der Waals surface area contributed by atoms with Gasteiger partial charge in [-0.3, -0.25) is 9.59 Å². The van der Waals surface area contributed by atoms with Crippen molar-refractivity contribution in [2.75, 3.05) is 7.11 Å². The average Bonchev–Trinajstić information content (AvgIpc) is 2.86. The van der Waals surface area contributed by atoms with Crippen LogP contribution in [-0.4, -0.2) is 18.9 Å². The maximum Gasteiger partial charge on any atom is 0.305 e. The Morgan fingerprint density at radius 1 is 1.10 bits per heavy atom. The van der Waals surface area contributed by atoms with Gasteiger partial charge in [0.15, 0.2) is 5.78 Å². The van der Waals surface area contributed by atoms with Gasteiger partial charge in [0.05, 0.1) is 7.11 Å². The molecule has 20 heavy (non-hydrogen) atoms. The van der Waals surface area contributed by atoms with E-state index in [-0.39, 0.29) is 11.9 Å². The molecule has 3 nitrogen and oxygen atoms in total. The predicted octanol–water partition coefficient (Wildman–Crippen LogP) is 4.21. The number of hydrogen-bond acceptors (Lipinski definition) is 3. The van der Waals surface area contributed by atoms with Gasteiger partial charge >= 0.3 is 5.97 Å². The van der Waals surface area contributed by atoms with Crippen LogP contribution in [0.1, 0.15) is 70.6 Å². The number of carbonyl (C=O) groups is 2. The standard InChI is InChI=1S/C17H28O3/c1-20-17(19)14-9-7-5-3-2-4-6-8-11-15-12-10-13-16(15)18/h10,13,15H,2-9,11-12,14H2,1H3/t15-/m1/s1. The molecule has 0 unspecified atom stereocenters. The zero-order chi connectivity index (χ0) is 14.6. The van der Waals surface area contributed by atoms with Gasteiger partial charge in [-0.25, -0.2) is 0 Å². The molecule has 0 bridgehead atoms. The lowest BCUT2D eigenvalue weighted by Gasteiger charge is -2.07. The number of allylic oxidation sites excluding steroid dienone is 2. The third-order valence-corrected chi connectivity index (χ3v) is 4.02. The first-order valence-electron chi connectivity index (χ1n) is 8.01. The Balaban J connectivity index is 1.79. The summed E-state index contributed by atoms with van der Waals surface area (Å²) in [5.74, 6) is 0.518. The topological polar surface area (TPSA) is 43.4 Å². The van der Waals surface area contributed by atoms with E-state index >= 15 is 0 Å². The van der Waals surface area contributed by atoms with Crippen LogP contribution in [0.25, 0.3) is 0 Å². The summed E-state index contributed by atoms with van der Waals surface area (Å²) in [5.41, 5.74) is 0. The first-order chi connectivity index (χ1) is 9.74. The van der Waals surface area contributed by atoms with Crippen molar-refractivity contribution in [1.29, 1.82) is 0 Å². The molecular weight excluding hydrogens is 252 g/mol. The van der Waals surface area contributed by atoms with E-state index in [4.69, 9.17) is 0 Å². The SMILES string of the molecule is COC(=O)CCCCCCCCCC[C@@H]1CC=CC1=O. The highest BCUT2D eigenvalue weighted by atomic mass is 16.5. The largest absolute Gasteiger partial charge is 0.469 e. The Labute approximate surface area is 122 Å². The Morgan fingerprint density at radius 2 is 1.70 bits per heavy atom. The minimum absolute atomic E-state index is 0.0963. The molecule has 0 aromatic rings. The van der Waals surface area contributed by atoms with Crippen molar-refractivity contribution in [2.24, 2.45) is 5.92 Å². The minimum atomic E-state index is -0.0963. The van der Waals surface area contributed by atoms with E-state index in [0.717, 1.165) is 25.7 Å². The normalized spacial score (nSPS) is 17.6. The summed E-state index contributed by atoms with van der Waals surface area (Å²) in [6.45, 7) is 0. The number of esters is 1. The molecule has 1 atom stereocenters. The van der Waals surface area contributed by atoms with Gasteiger partial charge in [-0.05, 0) is 25.3 Å². The van der Waals surface area contributed by atoms with Gasteiger partial charge in [-0.2, -0.15) is 0 Å². The molecule has 0 fully saturated rings. The highest BCUT2D eigenvalue weighted by molar-refractivity contribution is 5.93. The quantitative estimate of drug-likeness (QED) is 0.420. The van der Waals surface area contributed by atoms with Gasteiger partial charge in [0.2, 0.25) is 0 Å². The van der Waals surface area contributed by atoms with Crippen LogP contribution in [0, 0.1) is 5.92 Å². The van der Waals surface area contributed by atoms with Crippen molar-refractivity contribution in [1.82, 2.24) is 0 Å². The van der Waals surface area contributed by atoms with E-state index in [1.807, 2.05) is 6.08 Å². The molecule has 3 heteroatoms. The summed E-state index contributed by atoms with van der Waals surface area (Å²) in [6, 6.07) is 0. The van der Waals surface area contributed by atoms with Crippen LogP contribution < -0.4 is 0 Å². The van der Waals surface area contributed by atoms with Crippen LogP contribution in [0.2, 0.25) is 0 Å². The Hall–Kier alpha value is -1.12. The Bertz CT molecular complexity index is 320. The summed E-state index contributed by atoms with van der Waals surface area (Å²) in [5, 5.41) is 0. The van der Waals surface area contributed by atoms with E-state index in [9.17, 15) is 9.59 Å². The second-order valence-corrected chi connectivity index (χ2v) is 5.68. The lowest BCUT2D eigenvalue weighted by molar-refractivity contribution is -0.140. The second kappa shape index (κ2) is 10.6. The van der Waals surface area contributed by atoms with Crippen molar-refractivity contribution in [3.63, 3.8) is 0 Å². The van der Waals surface area contributed by atoms with Gasteiger partial charge in [0, 0.05) is 12.3 Å². The van der Waals surface area contributed by atoms with Crippen LogP contribution >= 0.6 is 0 Å². The van der Waals surface area contributed by atoms with Gasteiger partial charge < -0.3 is 4.74 Å². The van der Waals surface area contributed by atoms with Crippen molar-refractivity contribution >= 4 is 11.8 Å². The summed E-state index contributed by atoms with van der Waals surface area (Å²) >= 11 is 0. The van der Waals surface area contributed by atoms with Crippen LogP contribution in [0.4, 0.5) is 0 Å². The van der Waals surface area contributed by atoms with E-state index in [1.54, 1.807) is 6.08 Å². The number of ketones is 1. The van der Waals surface area contributed by atoms with Crippen LogP contribution in [0.5, 0.6) is 0 Å². The second-order valence-electron chi connectivity index (χ2n) is 5.68. The monoisotopic (exact) mass is 280 g/mol. The number of unbranched alkanes of at least 4 members (excludes halogenated alkanes) is 7. The lowest BCUT2D eigenvalue weighted by atomic mass is 9.97. The highest BCUT2D eigenvalue weighted by Crippen LogP contribution is 2.21. The third kappa shape index (κ3) is 7.46. The summed E-state index contributed by atoms with van der Waals surface area (Å²) < 4.78 is 4.60. The molecule has 1 aliphatic carbocycles. The van der Waals surface area contributed by atoms with Crippen LogP contribution in [0.15, 0.2) is 12.2 Å². The predicted molar refractivity (Wildman–Crippen MR) is 80.4 cm³/mol. The highest BCUT2D eigenvalue weighted by Gasteiger charge is 2.18. The summed E-state index contributed by atoms with van der Waals surface area (Å²) in [7, 11) is 1.44. The third-order valence-electron chi connectivity index (χ3n) is 4.02. The van der Waals surface area contributed by atoms with Crippen molar-refractivity contribution < 1.29 is 14.3 Å². The van der Waals surface area contributed by atoms with Gasteiger partial charge in [-0.1, -0.05) is 51.0 Å². The molecule has 0 spiro atoms. The molecule has 0 saturated carbocycles. The molecule has 0 heterocycles. The molecular formula is C17H28O3. The van der Waals surface area contributed by atoms with Gasteiger partial charge in [-0.15, -0.1) is 0 Å². The maximum atomic E-state index is 11.4. The number of ether oxygens (including phenoxy) is 1. The number of carbonyl (C=O) groups excluding carboxylic acids is 2. The zero-order valence-corrected chi connectivity index (χ0v) is 12.7. The number of rotatable bonds is 11. The van der Waals surface area contributed by atoms with E-state index in [0.29, 0.717) is 12.2 Å². The maximum absolute atomic E-state index is 11.4. The molecule has 1 rings (SSSR count). The van der Waals surface area contributed by atoms with E-state index < -0.39 is 0 Å². The molecule has 1 aliphatic rings. The van der Waals surface area contributed by atoms with Crippen LogP contribution in [-0.2, 0) is 14.3 Å². The molecule has 0 N–H and O–H groups in total. The minimum Gasteiger partial charge on any atom is -0.469 e. The summed E-state index contributed by atoms with van der Waals surface area (Å²) in [4.78, 5) is 22.3. The average molecular weight is 280 g/mol. The fourth-order valence-corrected chi connectivity index (χ4v) is 2.68. The molecule has 0 aromatic carbocycles. The smallest absolute Gasteiger partial charge is 0.305 e. The molecule has 0 aromatic heterocycles. The first kappa shape index (κ1) is 16.9. The van der Waals surface area contributed by atoms with Crippen molar-refractivity contribution in [3.05, 3.63) is 12.2 Å². The fraction of sp³-hybridized carbons (Fsp3) is 0.765. The first-order valence-corrected chi connectivity index (χ1v) is 8.01. The Kier molecular flexibility index (Phi) is 9.01. The van der Waals surface area contributed by atoms with Gasteiger partial charge in [0.25, 0.3) is 0 Å². The lowest BCUT2D eigenvalue weighted by Crippen LogP contribution is -2.05. The Morgan fingerprint density at radius 3 is 2.25 bits per heavy atom. The molecule has 0 amide bonds. The number of methoxy groups -OCH3 is 1. The van der Waals surface area contributed by atoms with E-state index in [2.05, 4.69) is 4.74 Å². The van der Waals surface area contributed by atoms with E-state index in [1.165, 1.54) is 45.6 Å². The summed E-state index contributed by atoms with van der Waals surface area (Å²) in [6.07, 6.45) is 15.8. The molecule has 114 valence electrons. The fourth-order valence-electron chi connectivity index (χ4n) is 2.68. The van der Waals surface area contributed by atoms with Crippen molar-refractivity contribution in [3.8, 4) is 0 Å². The van der Waals surface area contributed by atoms with Crippen molar-refractivity contribution in [2.45, 2.75) is 70.6 Å². The molecule has 0 radical (unpaired) electrons. The molecule has 0 aliphatic heterocycles. The molecule has 0 saturated heterocycles. The van der Waals surface area contributed by atoms with Gasteiger partial charge in [0.1, 0.15) is 0 Å². The zero-order valence-electron chi connectivity index (χ0n) is 12.7. The van der Waals surface area contributed by atoms with Crippen LogP contribution in [0.3, 0.4) is 0 Å². The number of hydrogen-bond donors (Lipinski definition) is 0.